The van der Waals surface area contributed by atoms with Crippen LogP contribution < -0.4 is 0 Å². The number of carbonyl (C=O) groups excluding carboxylic acids is 2. The second-order valence-corrected chi connectivity index (χ2v) is 6.85. The fraction of sp³-hybridized carbons (Fsp3) is 0.526. The number of aryl methyl sites for hydroxylation is 2. The van der Waals surface area contributed by atoms with Crippen molar-refractivity contribution in [2.24, 2.45) is 5.92 Å². The number of fused-ring (bicyclic) bond motifs is 1. The van der Waals surface area contributed by atoms with E-state index in [0.29, 0.717) is 17.7 Å². The molecular weight excluding hydrogens is 334 g/mol. The van der Waals surface area contributed by atoms with E-state index in [-0.39, 0.29) is 24.3 Å². The number of hydrogen-bond acceptors (Lipinski definition) is 5. The number of amides is 1. The average Bonchev–Trinajstić information content (AvgIpc) is 3.11. The molecule has 0 aromatic carbocycles. The van der Waals surface area contributed by atoms with Crippen LogP contribution in [0.3, 0.4) is 0 Å². The molecule has 7 nitrogen and oxygen atoms in total. The van der Waals surface area contributed by atoms with Crippen molar-refractivity contribution < 1.29 is 19.4 Å². The fourth-order valence-electron chi connectivity index (χ4n) is 3.79. The molecule has 0 aliphatic carbocycles. The molecule has 26 heavy (non-hydrogen) atoms. The Labute approximate surface area is 152 Å². The molecule has 2 aliphatic heterocycles. The van der Waals surface area contributed by atoms with Gasteiger partial charge < -0.3 is 14.7 Å². The van der Waals surface area contributed by atoms with Crippen LogP contribution in [0.5, 0.6) is 0 Å². The van der Waals surface area contributed by atoms with Crippen LogP contribution in [-0.4, -0.2) is 50.4 Å². The lowest BCUT2D eigenvalue weighted by molar-refractivity contribution is -0.162. The molecule has 1 aromatic heterocycles. The van der Waals surface area contributed by atoms with E-state index in [1.54, 1.807) is 6.92 Å². The Bertz CT molecular complexity index is 778. The van der Waals surface area contributed by atoms with E-state index in [1.807, 2.05) is 17.7 Å². The van der Waals surface area contributed by atoms with Crippen molar-refractivity contribution in [3.63, 3.8) is 0 Å². The number of rotatable bonds is 7. The molecule has 0 radical (unpaired) electrons. The Morgan fingerprint density at radius 2 is 2.31 bits per heavy atom. The number of esters is 1. The topological polar surface area (TPSA) is 84.7 Å². The van der Waals surface area contributed by atoms with Crippen molar-refractivity contribution in [3.05, 3.63) is 35.8 Å². The Morgan fingerprint density at radius 1 is 1.58 bits per heavy atom. The molecule has 1 saturated heterocycles. The first-order valence-electron chi connectivity index (χ1n) is 8.97. The number of β-lactam (4-membered cyclic amide) rings is 1. The summed E-state index contributed by atoms with van der Waals surface area (Å²) in [6.07, 6.45) is 2.17. The molecule has 1 N–H and O–H groups in total. The summed E-state index contributed by atoms with van der Waals surface area (Å²) < 4.78 is 7.10. The van der Waals surface area contributed by atoms with Crippen LogP contribution in [0.4, 0.5) is 0 Å². The second-order valence-electron chi connectivity index (χ2n) is 6.85. The van der Waals surface area contributed by atoms with Crippen LogP contribution in [0.1, 0.15) is 38.1 Å². The summed E-state index contributed by atoms with van der Waals surface area (Å²) in [7, 11) is 0. The third kappa shape index (κ3) is 2.86. The van der Waals surface area contributed by atoms with Crippen LogP contribution in [0.2, 0.25) is 0 Å². The average molecular weight is 359 g/mol. The lowest BCUT2D eigenvalue weighted by atomic mass is 9.83. The summed E-state index contributed by atoms with van der Waals surface area (Å²) in [5.74, 6) is -1.29. The first kappa shape index (κ1) is 18.4. The lowest BCUT2D eigenvalue weighted by Gasteiger charge is -2.44. The molecule has 2 aliphatic rings. The maximum Gasteiger partial charge on any atom is 0.355 e. The predicted octanol–water partition coefficient (Wildman–Crippen LogP) is 1.65. The van der Waals surface area contributed by atoms with Crippen LogP contribution in [0.15, 0.2) is 24.4 Å². The zero-order valence-corrected chi connectivity index (χ0v) is 15.4. The molecule has 3 rings (SSSR count). The van der Waals surface area contributed by atoms with Gasteiger partial charge in [0.15, 0.2) is 0 Å². The van der Waals surface area contributed by atoms with E-state index in [4.69, 9.17) is 4.74 Å². The van der Waals surface area contributed by atoms with E-state index >= 15 is 0 Å². The molecule has 0 spiro atoms. The van der Waals surface area contributed by atoms with E-state index in [9.17, 15) is 14.7 Å². The minimum atomic E-state index is -0.757. The Hall–Kier alpha value is -2.41. The van der Waals surface area contributed by atoms with Gasteiger partial charge in [-0.1, -0.05) is 19.6 Å². The molecule has 1 amide bonds. The standard InChI is InChI=1S/C19H25N3O4/c1-5-7-21-11(3)9-14(20-21)13-10-15-16(12(4)23)18(24)22(15)17(13)19(25)26-8-6-2/h6,9,12,15-16,23H,2,5,7-8,10H2,1,3-4H3. The normalized spacial score (nSPS) is 22.9. The highest BCUT2D eigenvalue weighted by atomic mass is 16.5. The molecule has 1 fully saturated rings. The van der Waals surface area contributed by atoms with Crippen LogP contribution >= 0.6 is 0 Å². The van der Waals surface area contributed by atoms with Gasteiger partial charge in [0.2, 0.25) is 5.91 Å². The second kappa shape index (κ2) is 7.07. The molecule has 3 atom stereocenters. The predicted molar refractivity (Wildman–Crippen MR) is 95.8 cm³/mol. The highest BCUT2D eigenvalue weighted by molar-refractivity contribution is 6.06. The van der Waals surface area contributed by atoms with Gasteiger partial charge in [0, 0.05) is 17.8 Å². The fourth-order valence-corrected chi connectivity index (χ4v) is 3.79. The molecule has 0 saturated carbocycles. The number of aliphatic hydroxyl groups is 1. The first-order valence-corrected chi connectivity index (χ1v) is 8.97. The van der Waals surface area contributed by atoms with Crippen LogP contribution in [0.25, 0.3) is 5.57 Å². The smallest absolute Gasteiger partial charge is 0.355 e. The van der Waals surface area contributed by atoms with Gasteiger partial charge in [-0.3, -0.25) is 9.48 Å². The van der Waals surface area contributed by atoms with Crippen LogP contribution in [-0.2, 0) is 20.9 Å². The van der Waals surface area contributed by atoms with Crippen molar-refractivity contribution in [3.8, 4) is 0 Å². The van der Waals surface area contributed by atoms with Gasteiger partial charge in [-0.05, 0) is 32.8 Å². The van der Waals surface area contributed by atoms with Crippen molar-refractivity contribution in [1.29, 1.82) is 0 Å². The lowest BCUT2D eigenvalue weighted by Crippen LogP contribution is -2.61. The van der Waals surface area contributed by atoms with Crippen molar-refractivity contribution in [2.45, 2.75) is 52.3 Å². The Balaban J connectivity index is 2.00. The largest absolute Gasteiger partial charge is 0.457 e. The Morgan fingerprint density at radius 3 is 2.92 bits per heavy atom. The number of carbonyl (C=O) groups is 2. The van der Waals surface area contributed by atoms with Gasteiger partial charge in [0.25, 0.3) is 0 Å². The van der Waals surface area contributed by atoms with Gasteiger partial charge in [-0.15, -0.1) is 0 Å². The van der Waals surface area contributed by atoms with Gasteiger partial charge >= 0.3 is 5.97 Å². The van der Waals surface area contributed by atoms with Crippen LogP contribution in [0, 0.1) is 12.8 Å². The Kier molecular flexibility index (Phi) is 5.00. The number of ether oxygens (including phenoxy) is 1. The van der Waals surface area contributed by atoms with Gasteiger partial charge in [0.1, 0.15) is 12.3 Å². The highest BCUT2D eigenvalue weighted by Gasteiger charge is 2.57. The number of nitrogens with zero attached hydrogens (tertiary/aromatic N) is 3. The van der Waals surface area contributed by atoms with E-state index in [1.165, 1.54) is 11.0 Å². The summed E-state index contributed by atoms with van der Waals surface area (Å²) in [6.45, 7) is 10.1. The monoisotopic (exact) mass is 359 g/mol. The number of hydrogen-bond donors (Lipinski definition) is 1. The first-order chi connectivity index (χ1) is 12.4. The molecular formula is C19H25N3O4. The number of aromatic nitrogens is 2. The van der Waals surface area contributed by atoms with Gasteiger partial charge in [-0.2, -0.15) is 5.10 Å². The maximum atomic E-state index is 12.6. The summed E-state index contributed by atoms with van der Waals surface area (Å²) in [5.41, 5.74) is 2.65. The third-order valence-electron chi connectivity index (χ3n) is 4.98. The molecule has 3 unspecified atom stereocenters. The third-order valence-corrected chi connectivity index (χ3v) is 4.98. The van der Waals surface area contributed by atoms with Crippen molar-refractivity contribution >= 4 is 17.4 Å². The zero-order chi connectivity index (χ0) is 19.0. The summed E-state index contributed by atoms with van der Waals surface area (Å²) in [6, 6.07) is 1.71. The number of aliphatic hydroxyl groups excluding tert-OH is 1. The molecule has 3 heterocycles. The summed E-state index contributed by atoms with van der Waals surface area (Å²) in [4.78, 5) is 26.6. The molecule has 0 bridgehead atoms. The van der Waals surface area contributed by atoms with Gasteiger partial charge in [-0.25, -0.2) is 4.79 Å². The molecule has 7 heteroatoms. The SMILES string of the molecule is C=CCOC(=O)C1=C(c2cc(C)n(CCC)n2)CC2C(C(C)O)C(=O)N12. The van der Waals surface area contributed by atoms with E-state index in [0.717, 1.165) is 18.7 Å². The van der Waals surface area contributed by atoms with Crippen molar-refractivity contribution in [1.82, 2.24) is 14.7 Å². The minimum absolute atomic E-state index is 0.0748. The quantitative estimate of drug-likeness (QED) is 0.455. The minimum Gasteiger partial charge on any atom is -0.457 e. The molecule has 1 aromatic rings. The summed E-state index contributed by atoms with van der Waals surface area (Å²) >= 11 is 0. The molecule has 140 valence electrons. The van der Waals surface area contributed by atoms with E-state index < -0.39 is 18.0 Å². The zero-order valence-electron chi connectivity index (χ0n) is 15.4. The summed E-state index contributed by atoms with van der Waals surface area (Å²) in [5, 5.41) is 14.5. The van der Waals surface area contributed by atoms with Crippen molar-refractivity contribution in [2.75, 3.05) is 6.61 Å². The van der Waals surface area contributed by atoms with E-state index in [2.05, 4.69) is 18.6 Å². The maximum absolute atomic E-state index is 12.6. The van der Waals surface area contributed by atoms with Gasteiger partial charge in [0.05, 0.1) is 23.8 Å². The highest BCUT2D eigenvalue weighted by Crippen LogP contribution is 2.47.